The molecule has 1 aliphatic rings. The van der Waals surface area contributed by atoms with Gasteiger partial charge in [0.1, 0.15) is 0 Å². The molecule has 72 valence electrons. The van der Waals surface area contributed by atoms with Crippen LogP contribution in [0.2, 0.25) is 0 Å². The fourth-order valence-electron chi connectivity index (χ4n) is 1.68. The average Bonchev–Trinajstić information content (AvgIpc) is 2.72. The maximum Gasteiger partial charge on any atom is 0.0213 e. The lowest BCUT2D eigenvalue weighted by atomic mass is 10.1. The monoisotopic (exact) mass is 248 g/mol. The fraction of sp³-hybridized carbons (Fsp3) is 0.231. The van der Waals surface area contributed by atoms with Gasteiger partial charge in [-0.1, -0.05) is 64.5 Å². The van der Waals surface area contributed by atoms with Gasteiger partial charge in [0.2, 0.25) is 0 Å². The van der Waals surface area contributed by atoms with Crippen LogP contribution in [0.4, 0.5) is 0 Å². The number of halogens is 1. The molecule has 0 heterocycles. The molecule has 2 rings (SSSR count). The van der Waals surface area contributed by atoms with E-state index in [0.717, 1.165) is 0 Å². The largest absolute Gasteiger partial charge is 0.0879 e. The second-order valence-corrected chi connectivity index (χ2v) is 4.40. The van der Waals surface area contributed by atoms with Gasteiger partial charge in [-0.2, -0.15) is 0 Å². The minimum Gasteiger partial charge on any atom is -0.0879 e. The maximum atomic E-state index is 3.62. The average molecular weight is 249 g/mol. The highest BCUT2D eigenvalue weighted by Gasteiger charge is 2.07. The standard InChI is InChI=1S/C13H13Br/c14-13(10-11-6-4-5-7-11)12-8-2-1-3-9-12/h1-4,6,8-11H,5,7H2/b13-10+. The van der Waals surface area contributed by atoms with E-state index in [1.807, 2.05) is 6.07 Å². The molecule has 14 heavy (non-hydrogen) atoms. The van der Waals surface area contributed by atoms with Crippen LogP contribution in [0.25, 0.3) is 4.48 Å². The van der Waals surface area contributed by atoms with E-state index in [1.54, 1.807) is 0 Å². The van der Waals surface area contributed by atoms with Crippen molar-refractivity contribution in [2.45, 2.75) is 12.8 Å². The topological polar surface area (TPSA) is 0 Å². The molecule has 1 heteroatoms. The second kappa shape index (κ2) is 4.61. The summed E-state index contributed by atoms with van der Waals surface area (Å²) < 4.78 is 1.20. The Bertz CT molecular complexity index is 349. The fourth-order valence-corrected chi connectivity index (χ4v) is 2.28. The summed E-state index contributed by atoms with van der Waals surface area (Å²) in [5.41, 5.74) is 1.26. The van der Waals surface area contributed by atoms with Crippen molar-refractivity contribution >= 4 is 20.4 Å². The molecule has 0 bridgehead atoms. The van der Waals surface area contributed by atoms with E-state index in [9.17, 15) is 0 Å². The molecule has 0 saturated heterocycles. The van der Waals surface area contributed by atoms with E-state index >= 15 is 0 Å². The van der Waals surface area contributed by atoms with E-state index < -0.39 is 0 Å². The zero-order valence-electron chi connectivity index (χ0n) is 7.99. The van der Waals surface area contributed by atoms with E-state index in [4.69, 9.17) is 0 Å². The highest BCUT2D eigenvalue weighted by Crippen LogP contribution is 2.27. The van der Waals surface area contributed by atoms with Crippen LogP contribution in [0, 0.1) is 5.92 Å². The number of hydrogen-bond donors (Lipinski definition) is 0. The van der Waals surface area contributed by atoms with Crippen LogP contribution in [-0.2, 0) is 0 Å². The summed E-state index contributed by atoms with van der Waals surface area (Å²) in [5, 5.41) is 0. The first kappa shape index (κ1) is 9.72. The molecule has 0 radical (unpaired) electrons. The third-order valence-corrected chi connectivity index (χ3v) is 3.18. The van der Waals surface area contributed by atoms with Gasteiger partial charge in [-0.3, -0.25) is 0 Å². The van der Waals surface area contributed by atoms with Crippen molar-refractivity contribution in [1.29, 1.82) is 0 Å². The van der Waals surface area contributed by atoms with Crippen LogP contribution in [0.3, 0.4) is 0 Å². The van der Waals surface area contributed by atoms with Crippen molar-refractivity contribution in [3.63, 3.8) is 0 Å². The Labute approximate surface area is 93.5 Å². The van der Waals surface area contributed by atoms with Gasteiger partial charge in [0.25, 0.3) is 0 Å². The minimum absolute atomic E-state index is 0.615. The predicted octanol–water partition coefficient (Wildman–Crippen LogP) is 4.39. The first-order chi connectivity index (χ1) is 6.86. The van der Waals surface area contributed by atoms with E-state index in [1.165, 1.54) is 22.9 Å². The van der Waals surface area contributed by atoms with Gasteiger partial charge in [-0.15, -0.1) is 0 Å². The quantitative estimate of drug-likeness (QED) is 0.682. The van der Waals surface area contributed by atoms with Crippen molar-refractivity contribution in [1.82, 2.24) is 0 Å². The van der Waals surface area contributed by atoms with Crippen molar-refractivity contribution < 1.29 is 0 Å². The summed E-state index contributed by atoms with van der Waals surface area (Å²) in [5.74, 6) is 0.615. The van der Waals surface area contributed by atoms with E-state index in [-0.39, 0.29) is 0 Å². The predicted molar refractivity (Wildman–Crippen MR) is 65.2 cm³/mol. The molecule has 1 aromatic rings. The number of hydrogen-bond acceptors (Lipinski definition) is 0. The molecule has 1 aromatic carbocycles. The smallest absolute Gasteiger partial charge is 0.0213 e. The number of rotatable bonds is 2. The third-order valence-electron chi connectivity index (χ3n) is 2.46. The summed E-state index contributed by atoms with van der Waals surface area (Å²) in [6, 6.07) is 10.4. The third kappa shape index (κ3) is 2.36. The first-order valence-electron chi connectivity index (χ1n) is 4.95. The number of allylic oxidation sites excluding steroid dienone is 3. The SMILES string of the molecule is Br/C(=C/C1C=CCC1)c1ccccc1. The zero-order chi connectivity index (χ0) is 9.80. The van der Waals surface area contributed by atoms with Crippen LogP contribution in [-0.4, -0.2) is 0 Å². The number of benzene rings is 1. The second-order valence-electron chi connectivity index (χ2n) is 3.55. The van der Waals surface area contributed by atoms with E-state index in [2.05, 4.69) is 58.4 Å². The van der Waals surface area contributed by atoms with Gasteiger partial charge in [0, 0.05) is 4.48 Å². The lowest BCUT2D eigenvalue weighted by molar-refractivity contribution is 0.775. The summed E-state index contributed by atoms with van der Waals surface area (Å²) >= 11 is 3.62. The maximum absolute atomic E-state index is 3.62. The van der Waals surface area contributed by atoms with Gasteiger partial charge in [0.15, 0.2) is 0 Å². The molecule has 0 aliphatic heterocycles. The van der Waals surface area contributed by atoms with Crippen LogP contribution in [0.15, 0.2) is 48.6 Å². The molecular formula is C13H13Br. The highest BCUT2D eigenvalue weighted by molar-refractivity contribution is 9.15. The van der Waals surface area contributed by atoms with Crippen molar-refractivity contribution in [2.75, 3.05) is 0 Å². The molecule has 0 fully saturated rings. The molecule has 0 spiro atoms. The molecule has 0 aromatic heterocycles. The Morgan fingerprint density at radius 3 is 2.71 bits per heavy atom. The minimum atomic E-state index is 0.615. The highest BCUT2D eigenvalue weighted by atomic mass is 79.9. The zero-order valence-corrected chi connectivity index (χ0v) is 9.57. The van der Waals surface area contributed by atoms with Crippen LogP contribution in [0.1, 0.15) is 18.4 Å². The van der Waals surface area contributed by atoms with Crippen LogP contribution in [0.5, 0.6) is 0 Å². The molecular weight excluding hydrogens is 236 g/mol. The lowest BCUT2D eigenvalue weighted by Gasteiger charge is -2.03. The molecule has 1 atom stereocenters. The Hall–Kier alpha value is -0.820. The van der Waals surface area contributed by atoms with Gasteiger partial charge in [0.05, 0.1) is 0 Å². The van der Waals surface area contributed by atoms with Crippen molar-refractivity contribution in [3.8, 4) is 0 Å². The summed E-state index contributed by atoms with van der Waals surface area (Å²) in [7, 11) is 0. The van der Waals surface area contributed by atoms with Crippen LogP contribution >= 0.6 is 15.9 Å². The van der Waals surface area contributed by atoms with Gasteiger partial charge in [-0.05, 0) is 24.3 Å². The Kier molecular flexibility index (Phi) is 3.20. The van der Waals surface area contributed by atoms with Gasteiger partial charge >= 0.3 is 0 Å². The normalized spacial score (nSPS) is 21.5. The van der Waals surface area contributed by atoms with Crippen molar-refractivity contribution in [3.05, 3.63) is 54.1 Å². The Morgan fingerprint density at radius 1 is 1.29 bits per heavy atom. The molecule has 0 nitrogen and oxygen atoms in total. The van der Waals surface area contributed by atoms with Gasteiger partial charge < -0.3 is 0 Å². The van der Waals surface area contributed by atoms with Crippen molar-refractivity contribution in [2.24, 2.45) is 5.92 Å². The molecule has 0 amide bonds. The summed E-state index contributed by atoms with van der Waals surface area (Å²) in [6.45, 7) is 0. The van der Waals surface area contributed by atoms with E-state index in [0.29, 0.717) is 5.92 Å². The summed E-state index contributed by atoms with van der Waals surface area (Å²) in [6.07, 6.45) is 9.30. The molecule has 1 unspecified atom stereocenters. The molecule has 0 saturated carbocycles. The van der Waals surface area contributed by atoms with Crippen LogP contribution < -0.4 is 0 Å². The Morgan fingerprint density at radius 2 is 2.07 bits per heavy atom. The lowest BCUT2D eigenvalue weighted by Crippen LogP contribution is -1.86. The molecule has 0 N–H and O–H groups in total. The first-order valence-corrected chi connectivity index (χ1v) is 5.75. The molecule has 1 aliphatic carbocycles. The summed E-state index contributed by atoms with van der Waals surface area (Å²) in [4.78, 5) is 0. The Balaban J connectivity index is 2.15. The van der Waals surface area contributed by atoms with Gasteiger partial charge in [-0.25, -0.2) is 0 Å².